The quantitative estimate of drug-likeness (QED) is 0.765. The lowest BCUT2D eigenvalue weighted by molar-refractivity contribution is 0.102. The van der Waals surface area contributed by atoms with Crippen LogP contribution in [0.15, 0.2) is 54.9 Å². The van der Waals surface area contributed by atoms with E-state index in [9.17, 15) is 9.18 Å². The maximum Gasteiger partial charge on any atom is 0.257 e. The first-order valence-electron chi connectivity index (χ1n) is 5.73. The van der Waals surface area contributed by atoms with Gasteiger partial charge in [0.1, 0.15) is 5.82 Å². The summed E-state index contributed by atoms with van der Waals surface area (Å²) < 4.78 is 14.4. The summed E-state index contributed by atoms with van der Waals surface area (Å²) in [7, 11) is 0. The number of halogens is 1. The largest absolute Gasteiger partial charge is 0.322 e. The lowest BCUT2D eigenvalue weighted by Crippen LogP contribution is -2.12. The molecule has 0 saturated heterocycles. The molecule has 1 aromatic carbocycles. The summed E-state index contributed by atoms with van der Waals surface area (Å²) in [6.45, 7) is 0. The number of nitrogens with zero attached hydrogens (tertiary/aromatic N) is 2. The van der Waals surface area contributed by atoms with Gasteiger partial charge in [-0.25, -0.2) is 8.91 Å². The highest BCUT2D eigenvalue weighted by atomic mass is 19.1. The summed E-state index contributed by atoms with van der Waals surface area (Å²) in [4.78, 5) is 12.0. The van der Waals surface area contributed by atoms with Gasteiger partial charge in [0, 0.05) is 18.1 Å². The van der Waals surface area contributed by atoms with E-state index in [1.807, 2.05) is 12.1 Å². The Morgan fingerprint density at radius 2 is 1.89 bits per heavy atom. The van der Waals surface area contributed by atoms with Crippen molar-refractivity contribution in [2.45, 2.75) is 0 Å². The molecule has 0 atom stereocenters. The molecule has 0 saturated carbocycles. The fraction of sp³-hybridized carbons (Fsp3) is 0. The van der Waals surface area contributed by atoms with Crippen molar-refractivity contribution in [2.24, 2.45) is 0 Å². The molecule has 0 aliphatic heterocycles. The van der Waals surface area contributed by atoms with Gasteiger partial charge in [-0.3, -0.25) is 4.79 Å². The van der Waals surface area contributed by atoms with Crippen LogP contribution in [-0.4, -0.2) is 15.5 Å². The highest BCUT2D eigenvalue weighted by molar-refractivity contribution is 6.04. The van der Waals surface area contributed by atoms with E-state index in [0.717, 1.165) is 5.52 Å². The zero-order chi connectivity index (χ0) is 13.2. The maximum atomic E-state index is 12.8. The molecule has 2 aromatic heterocycles. The second-order valence-corrected chi connectivity index (χ2v) is 4.08. The van der Waals surface area contributed by atoms with Crippen LogP contribution in [0.3, 0.4) is 0 Å². The predicted molar refractivity (Wildman–Crippen MR) is 69.5 cm³/mol. The molecule has 19 heavy (non-hydrogen) atoms. The van der Waals surface area contributed by atoms with E-state index in [2.05, 4.69) is 10.4 Å². The third-order valence-electron chi connectivity index (χ3n) is 2.76. The van der Waals surface area contributed by atoms with E-state index >= 15 is 0 Å². The van der Waals surface area contributed by atoms with Gasteiger partial charge in [-0.2, -0.15) is 5.10 Å². The standard InChI is InChI=1S/C14H10FN3O/c15-11-2-4-12(5-3-11)17-14(19)10-1-6-13-7-8-16-18(13)9-10/h1-9H,(H,17,19). The average Bonchev–Trinajstić information content (AvgIpc) is 2.88. The van der Waals surface area contributed by atoms with Crippen LogP contribution in [0.1, 0.15) is 10.4 Å². The number of aromatic nitrogens is 2. The van der Waals surface area contributed by atoms with Gasteiger partial charge in [0.15, 0.2) is 0 Å². The van der Waals surface area contributed by atoms with Crippen molar-refractivity contribution < 1.29 is 9.18 Å². The smallest absolute Gasteiger partial charge is 0.257 e. The number of rotatable bonds is 2. The molecule has 5 heteroatoms. The number of fused-ring (bicyclic) bond motifs is 1. The first kappa shape index (κ1) is 11.4. The van der Waals surface area contributed by atoms with Gasteiger partial charge in [0.25, 0.3) is 5.91 Å². The highest BCUT2D eigenvalue weighted by Gasteiger charge is 2.07. The second-order valence-electron chi connectivity index (χ2n) is 4.08. The van der Waals surface area contributed by atoms with Crippen LogP contribution >= 0.6 is 0 Å². The molecule has 0 aliphatic carbocycles. The van der Waals surface area contributed by atoms with Crippen LogP contribution in [-0.2, 0) is 0 Å². The number of amides is 1. The van der Waals surface area contributed by atoms with Gasteiger partial charge < -0.3 is 5.32 Å². The van der Waals surface area contributed by atoms with Crippen molar-refractivity contribution in [3.63, 3.8) is 0 Å². The number of carbonyl (C=O) groups excluding carboxylic acids is 1. The van der Waals surface area contributed by atoms with Crippen molar-refractivity contribution >= 4 is 17.1 Å². The number of anilines is 1. The van der Waals surface area contributed by atoms with E-state index in [-0.39, 0.29) is 11.7 Å². The average molecular weight is 255 g/mol. The van der Waals surface area contributed by atoms with Gasteiger partial charge in [0.05, 0.1) is 11.1 Å². The minimum Gasteiger partial charge on any atom is -0.322 e. The van der Waals surface area contributed by atoms with Crippen LogP contribution in [0.5, 0.6) is 0 Å². The van der Waals surface area contributed by atoms with Gasteiger partial charge in [-0.05, 0) is 42.5 Å². The molecule has 2 heterocycles. The van der Waals surface area contributed by atoms with E-state index in [1.165, 1.54) is 24.3 Å². The fourth-order valence-electron chi connectivity index (χ4n) is 1.79. The van der Waals surface area contributed by atoms with Crippen molar-refractivity contribution in [2.75, 3.05) is 5.32 Å². The molecule has 0 aliphatic rings. The zero-order valence-corrected chi connectivity index (χ0v) is 9.88. The number of benzene rings is 1. The molecular weight excluding hydrogens is 245 g/mol. The van der Waals surface area contributed by atoms with Crippen molar-refractivity contribution in [3.05, 3.63) is 66.2 Å². The lowest BCUT2D eigenvalue weighted by Gasteiger charge is -2.05. The summed E-state index contributed by atoms with van der Waals surface area (Å²) in [5, 5.41) is 6.76. The Morgan fingerprint density at radius 1 is 1.11 bits per heavy atom. The topological polar surface area (TPSA) is 46.4 Å². The molecule has 4 nitrogen and oxygen atoms in total. The van der Waals surface area contributed by atoms with E-state index in [1.54, 1.807) is 23.0 Å². The Hall–Kier alpha value is -2.69. The number of hydrogen-bond acceptors (Lipinski definition) is 2. The molecule has 0 spiro atoms. The first-order valence-corrected chi connectivity index (χ1v) is 5.73. The summed E-state index contributed by atoms with van der Waals surface area (Å²) >= 11 is 0. The highest BCUT2D eigenvalue weighted by Crippen LogP contribution is 2.11. The Kier molecular flexibility index (Phi) is 2.72. The van der Waals surface area contributed by atoms with Gasteiger partial charge >= 0.3 is 0 Å². The molecule has 1 amide bonds. The minimum atomic E-state index is -0.337. The Bertz CT molecular complexity index is 734. The molecule has 3 rings (SSSR count). The summed E-state index contributed by atoms with van der Waals surface area (Å²) in [5.41, 5.74) is 1.95. The van der Waals surface area contributed by atoms with Gasteiger partial charge in [-0.1, -0.05) is 0 Å². The monoisotopic (exact) mass is 255 g/mol. The number of pyridine rings is 1. The van der Waals surface area contributed by atoms with E-state index < -0.39 is 0 Å². The van der Waals surface area contributed by atoms with Crippen LogP contribution in [0.25, 0.3) is 5.52 Å². The van der Waals surface area contributed by atoms with Crippen molar-refractivity contribution in [1.82, 2.24) is 9.61 Å². The number of nitrogens with one attached hydrogen (secondary N) is 1. The van der Waals surface area contributed by atoms with E-state index in [4.69, 9.17) is 0 Å². The molecule has 0 bridgehead atoms. The summed E-state index contributed by atoms with van der Waals surface area (Å²) in [5.74, 6) is -0.597. The molecule has 0 unspecified atom stereocenters. The fourth-order valence-corrected chi connectivity index (χ4v) is 1.79. The Labute approximate surface area is 108 Å². The molecule has 0 fully saturated rings. The summed E-state index contributed by atoms with van der Waals surface area (Å²) in [6.07, 6.45) is 3.31. The van der Waals surface area contributed by atoms with Crippen molar-refractivity contribution in [3.8, 4) is 0 Å². The maximum absolute atomic E-state index is 12.8. The molecular formula is C14H10FN3O. The number of hydrogen-bond donors (Lipinski definition) is 1. The second kappa shape index (κ2) is 4.53. The van der Waals surface area contributed by atoms with Gasteiger partial charge in [-0.15, -0.1) is 0 Å². The normalized spacial score (nSPS) is 10.6. The molecule has 94 valence electrons. The third kappa shape index (κ3) is 2.30. The molecule has 3 aromatic rings. The lowest BCUT2D eigenvalue weighted by atomic mass is 10.2. The third-order valence-corrected chi connectivity index (χ3v) is 2.76. The van der Waals surface area contributed by atoms with E-state index in [0.29, 0.717) is 11.3 Å². The SMILES string of the molecule is O=C(Nc1ccc(F)cc1)c1ccc2ccnn2c1. The van der Waals surface area contributed by atoms with Crippen LogP contribution in [0.4, 0.5) is 10.1 Å². The van der Waals surface area contributed by atoms with Crippen LogP contribution in [0, 0.1) is 5.82 Å². The van der Waals surface area contributed by atoms with Gasteiger partial charge in [0.2, 0.25) is 0 Å². The molecule has 1 N–H and O–H groups in total. The molecule has 0 radical (unpaired) electrons. The first-order chi connectivity index (χ1) is 9.22. The Morgan fingerprint density at radius 3 is 2.68 bits per heavy atom. The number of carbonyl (C=O) groups is 1. The predicted octanol–water partition coefficient (Wildman–Crippen LogP) is 2.73. The zero-order valence-electron chi connectivity index (χ0n) is 9.88. The van der Waals surface area contributed by atoms with Crippen LogP contribution in [0.2, 0.25) is 0 Å². The Balaban J connectivity index is 1.84. The summed E-state index contributed by atoms with van der Waals surface area (Å²) in [6, 6.07) is 11.0. The van der Waals surface area contributed by atoms with Crippen LogP contribution < -0.4 is 5.32 Å². The van der Waals surface area contributed by atoms with Crippen molar-refractivity contribution in [1.29, 1.82) is 0 Å². The minimum absolute atomic E-state index is 0.260.